The van der Waals surface area contributed by atoms with Crippen LogP contribution in [0.15, 0.2) is 36.5 Å². The zero-order valence-electron chi connectivity index (χ0n) is 11.6. The van der Waals surface area contributed by atoms with Gasteiger partial charge in [0.05, 0.1) is 13.5 Å². The van der Waals surface area contributed by atoms with Gasteiger partial charge in [-0.1, -0.05) is 12.1 Å². The quantitative estimate of drug-likeness (QED) is 0.929. The van der Waals surface area contributed by atoms with E-state index in [2.05, 4.69) is 11.1 Å². The second kappa shape index (κ2) is 5.41. The number of hydrogen-bond donors (Lipinski definition) is 1. The molecule has 0 radical (unpaired) electrons. The second-order valence-corrected chi connectivity index (χ2v) is 5.08. The van der Waals surface area contributed by atoms with Gasteiger partial charge in [-0.2, -0.15) is 0 Å². The molecule has 1 aromatic heterocycles. The smallest absolute Gasteiger partial charge is 0.227 e. The van der Waals surface area contributed by atoms with E-state index in [9.17, 15) is 4.79 Å². The number of aromatic nitrogens is 1. The SMILES string of the molecule is COc1cccc(CC(=O)N2CCc3[nH]ccc3C2)c1. The van der Waals surface area contributed by atoms with Gasteiger partial charge in [-0.3, -0.25) is 4.79 Å². The summed E-state index contributed by atoms with van der Waals surface area (Å²) >= 11 is 0. The van der Waals surface area contributed by atoms with Crippen LogP contribution in [0.25, 0.3) is 0 Å². The molecule has 0 bridgehead atoms. The molecule has 1 N–H and O–H groups in total. The summed E-state index contributed by atoms with van der Waals surface area (Å²) in [6.45, 7) is 1.50. The zero-order chi connectivity index (χ0) is 13.9. The van der Waals surface area contributed by atoms with Crippen molar-refractivity contribution in [2.75, 3.05) is 13.7 Å². The van der Waals surface area contributed by atoms with Crippen LogP contribution in [0.3, 0.4) is 0 Å². The van der Waals surface area contributed by atoms with Crippen LogP contribution in [-0.4, -0.2) is 29.4 Å². The van der Waals surface area contributed by atoms with E-state index in [1.54, 1.807) is 7.11 Å². The molecule has 0 fully saturated rings. The summed E-state index contributed by atoms with van der Waals surface area (Å²) in [5, 5.41) is 0. The van der Waals surface area contributed by atoms with Crippen molar-refractivity contribution in [1.82, 2.24) is 9.88 Å². The highest BCUT2D eigenvalue weighted by Crippen LogP contribution is 2.19. The van der Waals surface area contributed by atoms with E-state index in [1.807, 2.05) is 35.4 Å². The van der Waals surface area contributed by atoms with E-state index in [0.29, 0.717) is 13.0 Å². The first-order valence-electron chi connectivity index (χ1n) is 6.82. The molecule has 0 atom stereocenters. The average Bonchev–Trinajstić information content (AvgIpc) is 2.94. The molecule has 0 spiro atoms. The van der Waals surface area contributed by atoms with Gasteiger partial charge >= 0.3 is 0 Å². The van der Waals surface area contributed by atoms with Gasteiger partial charge in [-0.25, -0.2) is 0 Å². The van der Waals surface area contributed by atoms with Crippen molar-refractivity contribution in [3.05, 3.63) is 53.3 Å². The molecule has 0 saturated carbocycles. The lowest BCUT2D eigenvalue weighted by atomic mass is 10.1. The number of H-pyrrole nitrogens is 1. The Morgan fingerprint density at radius 2 is 2.30 bits per heavy atom. The predicted molar refractivity (Wildman–Crippen MR) is 76.6 cm³/mol. The molecule has 4 heteroatoms. The van der Waals surface area contributed by atoms with E-state index >= 15 is 0 Å². The Morgan fingerprint density at radius 1 is 1.40 bits per heavy atom. The van der Waals surface area contributed by atoms with Crippen LogP contribution in [0, 0.1) is 0 Å². The zero-order valence-corrected chi connectivity index (χ0v) is 11.6. The minimum atomic E-state index is 0.171. The van der Waals surface area contributed by atoms with Crippen LogP contribution < -0.4 is 4.74 Å². The number of carbonyl (C=O) groups is 1. The number of aromatic amines is 1. The highest BCUT2D eigenvalue weighted by molar-refractivity contribution is 5.79. The summed E-state index contributed by atoms with van der Waals surface area (Å²) in [5.41, 5.74) is 3.49. The Labute approximate surface area is 118 Å². The fraction of sp³-hybridized carbons (Fsp3) is 0.312. The number of rotatable bonds is 3. The number of nitrogens with one attached hydrogen (secondary N) is 1. The fourth-order valence-electron chi connectivity index (χ4n) is 2.63. The first kappa shape index (κ1) is 12.8. The molecular weight excluding hydrogens is 252 g/mol. The Bertz CT molecular complexity index is 618. The summed E-state index contributed by atoms with van der Waals surface area (Å²) < 4.78 is 5.19. The van der Waals surface area contributed by atoms with Gasteiger partial charge < -0.3 is 14.6 Å². The maximum absolute atomic E-state index is 12.4. The molecule has 3 rings (SSSR count). The van der Waals surface area contributed by atoms with E-state index < -0.39 is 0 Å². The first-order chi connectivity index (χ1) is 9.76. The number of nitrogens with zero attached hydrogens (tertiary/aromatic N) is 1. The molecule has 1 aromatic carbocycles. The standard InChI is InChI=1S/C16H18N2O2/c1-20-14-4-2-3-12(9-14)10-16(19)18-8-6-15-13(11-18)5-7-17-15/h2-5,7,9,17H,6,8,10-11H2,1H3. The van der Waals surface area contributed by atoms with Crippen LogP contribution in [0.5, 0.6) is 5.75 Å². The van der Waals surface area contributed by atoms with Gasteiger partial charge in [-0.15, -0.1) is 0 Å². The molecule has 1 amide bonds. The molecule has 104 valence electrons. The van der Waals surface area contributed by atoms with Crippen LogP contribution >= 0.6 is 0 Å². The van der Waals surface area contributed by atoms with Crippen molar-refractivity contribution >= 4 is 5.91 Å². The lowest BCUT2D eigenvalue weighted by Gasteiger charge is -2.27. The highest BCUT2D eigenvalue weighted by Gasteiger charge is 2.21. The number of fused-ring (bicyclic) bond motifs is 1. The molecule has 0 unspecified atom stereocenters. The van der Waals surface area contributed by atoms with Crippen molar-refractivity contribution in [3.8, 4) is 5.75 Å². The van der Waals surface area contributed by atoms with E-state index in [4.69, 9.17) is 4.74 Å². The molecule has 2 heterocycles. The Kier molecular flexibility index (Phi) is 3.46. The third kappa shape index (κ3) is 2.54. The molecule has 1 aliphatic heterocycles. The Morgan fingerprint density at radius 3 is 3.15 bits per heavy atom. The Hall–Kier alpha value is -2.23. The van der Waals surface area contributed by atoms with Crippen LogP contribution in [-0.2, 0) is 24.2 Å². The van der Waals surface area contributed by atoms with Crippen LogP contribution in [0.4, 0.5) is 0 Å². The van der Waals surface area contributed by atoms with Crippen LogP contribution in [0.1, 0.15) is 16.8 Å². The summed E-state index contributed by atoms with van der Waals surface area (Å²) in [6.07, 6.45) is 3.28. The normalized spacial score (nSPS) is 13.9. The minimum absolute atomic E-state index is 0.171. The average molecular weight is 270 g/mol. The largest absolute Gasteiger partial charge is 0.497 e. The van der Waals surface area contributed by atoms with Crippen molar-refractivity contribution in [1.29, 1.82) is 0 Å². The fourth-order valence-corrected chi connectivity index (χ4v) is 2.63. The van der Waals surface area contributed by atoms with E-state index in [-0.39, 0.29) is 5.91 Å². The third-order valence-electron chi connectivity index (χ3n) is 3.76. The topological polar surface area (TPSA) is 45.3 Å². The molecule has 1 aliphatic rings. The Balaban J connectivity index is 1.68. The maximum Gasteiger partial charge on any atom is 0.227 e. The molecular formula is C16H18N2O2. The van der Waals surface area contributed by atoms with Crippen molar-refractivity contribution in [2.24, 2.45) is 0 Å². The summed E-state index contributed by atoms with van der Waals surface area (Å²) in [6, 6.07) is 9.75. The van der Waals surface area contributed by atoms with Crippen molar-refractivity contribution in [3.63, 3.8) is 0 Å². The number of benzene rings is 1. The van der Waals surface area contributed by atoms with Gasteiger partial charge in [0.15, 0.2) is 0 Å². The van der Waals surface area contributed by atoms with Gasteiger partial charge in [0.2, 0.25) is 5.91 Å². The highest BCUT2D eigenvalue weighted by atomic mass is 16.5. The molecule has 0 saturated heterocycles. The summed E-state index contributed by atoms with van der Waals surface area (Å²) in [5.74, 6) is 0.965. The van der Waals surface area contributed by atoms with E-state index in [0.717, 1.165) is 24.3 Å². The number of methoxy groups -OCH3 is 1. The minimum Gasteiger partial charge on any atom is -0.497 e. The summed E-state index contributed by atoms with van der Waals surface area (Å²) in [7, 11) is 1.64. The van der Waals surface area contributed by atoms with Gasteiger partial charge in [-0.05, 0) is 29.3 Å². The first-order valence-corrected chi connectivity index (χ1v) is 6.82. The monoisotopic (exact) mass is 270 g/mol. The van der Waals surface area contributed by atoms with Crippen molar-refractivity contribution in [2.45, 2.75) is 19.4 Å². The number of hydrogen-bond acceptors (Lipinski definition) is 2. The second-order valence-electron chi connectivity index (χ2n) is 5.08. The summed E-state index contributed by atoms with van der Waals surface area (Å²) in [4.78, 5) is 17.5. The van der Waals surface area contributed by atoms with Crippen LogP contribution in [0.2, 0.25) is 0 Å². The lowest BCUT2D eigenvalue weighted by Crippen LogP contribution is -2.36. The van der Waals surface area contributed by atoms with E-state index in [1.165, 1.54) is 11.3 Å². The molecule has 4 nitrogen and oxygen atoms in total. The number of ether oxygens (including phenoxy) is 1. The van der Waals surface area contributed by atoms with Gasteiger partial charge in [0.1, 0.15) is 5.75 Å². The molecule has 20 heavy (non-hydrogen) atoms. The number of amides is 1. The van der Waals surface area contributed by atoms with Gasteiger partial charge in [0, 0.05) is 31.4 Å². The predicted octanol–water partition coefficient (Wildman–Crippen LogP) is 2.15. The van der Waals surface area contributed by atoms with Crippen molar-refractivity contribution < 1.29 is 9.53 Å². The van der Waals surface area contributed by atoms with Gasteiger partial charge in [0.25, 0.3) is 0 Å². The molecule has 2 aromatic rings. The maximum atomic E-state index is 12.4. The molecule has 0 aliphatic carbocycles. The third-order valence-corrected chi connectivity index (χ3v) is 3.76. The lowest BCUT2D eigenvalue weighted by molar-refractivity contribution is -0.131. The number of carbonyl (C=O) groups excluding carboxylic acids is 1.